The van der Waals surface area contributed by atoms with Crippen molar-refractivity contribution in [1.29, 1.82) is 0 Å². The summed E-state index contributed by atoms with van der Waals surface area (Å²) in [5, 5.41) is 16.4. The van der Waals surface area contributed by atoms with E-state index in [2.05, 4.69) is 25.7 Å². The van der Waals surface area contributed by atoms with E-state index < -0.39 is 11.7 Å². The number of anilines is 1. The van der Waals surface area contributed by atoms with Crippen LogP contribution >= 0.6 is 11.3 Å². The fraction of sp³-hybridized carbons (Fsp3) is 0.364. The summed E-state index contributed by atoms with van der Waals surface area (Å²) in [5.41, 5.74) is 3.37. The van der Waals surface area contributed by atoms with Gasteiger partial charge in [-0.3, -0.25) is 14.8 Å². The molecule has 0 saturated carbocycles. The van der Waals surface area contributed by atoms with Gasteiger partial charge in [0, 0.05) is 36.6 Å². The van der Waals surface area contributed by atoms with Crippen LogP contribution in [0.5, 0.6) is 11.5 Å². The highest BCUT2D eigenvalue weighted by molar-refractivity contribution is 7.12. The van der Waals surface area contributed by atoms with E-state index in [1.165, 1.54) is 11.3 Å². The minimum absolute atomic E-state index is 0.0274. The molecule has 44 heavy (non-hydrogen) atoms. The molecule has 1 atom stereocenters. The largest absolute Gasteiger partial charge is 0.491 e. The van der Waals surface area contributed by atoms with Crippen LogP contribution in [0, 0.1) is 6.92 Å². The summed E-state index contributed by atoms with van der Waals surface area (Å²) in [4.78, 5) is 28.4. The quantitative estimate of drug-likeness (QED) is 0.190. The molecule has 2 aromatic heterocycles. The molecule has 4 aromatic rings. The molecule has 11 heteroatoms. The zero-order valence-corrected chi connectivity index (χ0v) is 26.5. The predicted molar refractivity (Wildman–Crippen MR) is 175 cm³/mol. The Morgan fingerprint density at radius 3 is 2.73 bits per heavy atom. The third-order valence-electron chi connectivity index (χ3n) is 7.24. The number of H-pyrrole nitrogens is 1. The van der Waals surface area contributed by atoms with E-state index in [0.29, 0.717) is 41.8 Å². The summed E-state index contributed by atoms with van der Waals surface area (Å²) in [7, 11) is 1.57. The molecule has 1 fully saturated rings. The number of hydrogen-bond acceptors (Lipinski definition) is 8. The van der Waals surface area contributed by atoms with E-state index in [1.54, 1.807) is 7.11 Å². The highest BCUT2D eigenvalue weighted by Crippen LogP contribution is 2.40. The molecule has 1 saturated heterocycles. The molecular weight excluding hydrogens is 578 g/mol. The number of rotatable bonds is 10. The minimum Gasteiger partial charge on any atom is -0.491 e. The van der Waals surface area contributed by atoms with Gasteiger partial charge in [0.15, 0.2) is 11.5 Å². The summed E-state index contributed by atoms with van der Waals surface area (Å²) in [6.45, 7) is 10.1. The number of alkyl carbamates (subject to hydrolysis) is 1. The number of hydrogen-bond donors (Lipinski definition) is 3. The smallest absolute Gasteiger partial charge is 0.407 e. The minimum atomic E-state index is -0.533. The Kier molecular flexibility index (Phi) is 9.55. The Hall–Kier alpha value is -4.35. The number of amides is 2. The fourth-order valence-electron chi connectivity index (χ4n) is 5.13. The summed E-state index contributed by atoms with van der Waals surface area (Å²) in [5.74, 6) is 0.747. The van der Waals surface area contributed by atoms with Gasteiger partial charge in [0.2, 0.25) is 0 Å². The van der Waals surface area contributed by atoms with Crippen molar-refractivity contribution in [3.05, 3.63) is 69.5 Å². The molecular formula is C33H39N5O5S. The van der Waals surface area contributed by atoms with Crippen LogP contribution in [0.15, 0.2) is 47.8 Å². The van der Waals surface area contributed by atoms with E-state index in [4.69, 9.17) is 14.2 Å². The lowest BCUT2D eigenvalue weighted by Crippen LogP contribution is -2.40. The molecule has 2 amide bonds. The maximum Gasteiger partial charge on any atom is 0.407 e. The summed E-state index contributed by atoms with van der Waals surface area (Å²) < 4.78 is 17.4. The molecule has 1 aliphatic heterocycles. The number of nitrogens with one attached hydrogen (secondary N) is 3. The van der Waals surface area contributed by atoms with Crippen molar-refractivity contribution in [2.24, 2.45) is 0 Å². The van der Waals surface area contributed by atoms with E-state index in [0.717, 1.165) is 40.7 Å². The van der Waals surface area contributed by atoms with Crippen molar-refractivity contribution >= 4 is 52.1 Å². The average molecular weight is 618 g/mol. The van der Waals surface area contributed by atoms with Crippen LogP contribution in [0.1, 0.15) is 53.7 Å². The number of benzene rings is 2. The van der Waals surface area contributed by atoms with Gasteiger partial charge in [-0.1, -0.05) is 24.3 Å². The van der Waals surface area contributed by atoms with E-state index in [-0.39, 0.29) is 11.9 Å². The number of aromatic nitrogens is 2. The van der Waals surface area contributed by atoms with Gasteiger partial charge in [-0.15, -0.1) is 11.3 Å². The second-order valence-corrected chi connectivity index (χ2v) is 12.6. The number of aryl methyl sites for hydroxylation is 1. The topological polar surface area (TPSA) is 118 Å². The first-order valence-electron chi connectivity index (χ1n) is 14.6. The summed E-state index contributed by atoms with van der Waals surface area (Å²) >= 11 is 1.39. The number of ether oxygens (including phenoxy) is 3. The Morgan fingerprint density at radius 2 is 1.98 bits per heavy atom. The lowest BCUT2D eigenvalue weighted by Gasteiger charge is -2.22. The highest BCUT2D eigenvalue weighted by atomic mass is 32.1. The number of nitrogens with zero attached hydrogens (tertiary/aromatic N) is 2. The molecule has 232 valence electrons. The van der Waals surface area contributed by atoms with E-state index in [9.17, 15) is 9.59 Å². The molecule has 3 heterocycles. The van der Waals surface area contributed by atoms with Crippen molar-refractivity contribution in [3.63, 3.8) is 0 Å². The SMILES string of the molecule is COc1c(OCCN2CCC(NC(=O)OC(C)(C)C)C2)ccc(C=Cc2n[nH]c3ccccc23)c1NC(=O)c1sccc1C. The fourth-order valence-corrected chi connectivity index (χ4v) is 5.95. The zero-order valence-electron chi connectivity index (χ0n) is 25.7. The molecule has 0 aliphatic carbocycles. The Balaban J connectivity index is 1.31. The van der Waals surface area contributed by atoms with Gasteiger partial charge in [-0.2, -0.15) is 5.10 Å². The van der Waals surface area contributed by atoms with Crippen LogP contribution in [0.3, 0.4) is 0 Å². The molecule has 1 aliphatic rings. The van der Waals surface area contributed by atoms with Crippen molar-refractivity contribution in [2.45, 2.75) is 45.8 Å². The van der Waals surface area contributed by atoms with Gasteiger partial charge in [-0.25, -0.2) is 4.79 Å². The highest BCUT2D eigenvalue weighted by Gasteiger charge is 2.26. The van der Waals surface area contributed by atoms with Crippen LogP contribution in [-0.2, 0) is 4.74 Å². The molecule has 2 aromatic carbocycles. The molecule has 1 unspecified atom stereocenters. The number of likely N-dealkylation sites (tertiary alicyclic amines) is 1. The van der Waals surface area contributed by atoms with Crippen LogP contribution < -0.4 is 20.1 Å². The van der Waals surface area contributed by atoms with Gasteiger partial charge >= 0.3 is 6.09 Å². The third kappa shape index (κ3) is 7.59. The lowest BCUT2D eigenvalue weighted by molar-refractivity contribution is 0.0505. The van der Waals surface area contributed by atoms with E-state index >= 15 is 0 Å². The normalized spacial score (nSPS) is 15.5. The molecule has 0 bridgehead atoms. The number of aromatic amines is 1. The molecule has 10 nitrogen and oxygen atoms in total. The second kappa shape index (κ2) is 13.5. The second-order valence-electron chi connectivity index (χ2n) is 11.7. The van der Waals surface area contributed by atoms with Crippen molar-refractivity contribution in [2.75, 3.05) is 38.7 Å². The molecule has 0 spiro atoms. The Morgan fingerprint density at radius 1 is 1.16 bits per heavy atom. The predicted octanol–water partition coefficient (Wildman–Crippen LogP) is 6.34. The maximum atomic E-state index is 13.3. The lowest BCUT2D eigenvalue weighted by atomic mass is 10.1. The zero-order chi connectivity index (χ0) is 31.3. The van der Waals surface area contributed by atoms with Crippen LogP contribution in [0.4, 0.5) is 10.5 Å². The number of fused-ring (bicyclic) bond motifs is 1. The monoisotopic (exact) mass is 617 g/mol. The number of thiophene rings is 1. The maximum absolute atomic E-state index is 13.3. The van der Waals surface area contributed by atoms with Gasteiger partial charge in [0.05, 0.1) is 28.9 Å². The number of para-hydroxylation sites is 1. The standard InChI is InChI=1S/C33H39N5O5S/c1-21-15-19-44-30(21)31(39)35-28-22(10-12-26-24-8-6-7-9-25(24)36-37-26)11-13-27(29(28)41-5)42-18-17-38-16-14-23(20-38)34-32(40)43-33(2,3)4/h6-13,15,19,23H,14,16-18,20H2,1-5H3,(H,34,40)(H,35,39)(H,36,37). The first-order chi connectivity index (χ1) is 21.1. The van der Waals surface area contributed by atoms with Crippen LogP contribution in [-0.4, -0.2) is 72.1 Å². The van der Waals surface area contributed by atoms with Gasteiger partial charge in [0.25, 0.3) is 5.91 Å². The molecule has 0 radical (unpaired) electrons. The Labute approximate surface area is 261 Å². The first-order valence-corrected chi connectivity index (χ1v) is 15.5. The summed E-state index contributed by atoms with van der Waals surface area (Å²) in [6.07, 6.45) is 4.27. The van der Waals surface area contributed by atoms with Gasteiger partial charge in [0.1, 0.15) is 12.2 Å². The van der Waals surface area contributed by atoms with Gasteiger partial charge < -0.3 is 24.8 Å². The van der Waals surface area contributed by atoms with Crippen LogP contribution in [0.25, 0.3) is 23.1 Å². The average Bonchev–Trinajstić information content (AvgIpc) is 3.71. The van der Waals surface area contributed by atoms with E-state index in [1.807, 2.05) is 87.7 Å². The van der Waals surface area contributed by atoms with Crippen molar-refractivity contribution in [1.82, 2.24) is 20.4 Å². The number of carbonyl (C=O) groups is 2. The summed E-state index contributed by atoms with van der Waals surface area (Å²) in [6, 6.07) is 13.6. The first kappa shape index (κ1) is 31.1. The van der Waals surface area contributed by atoms with Crippen LogP contribution in [0.2, 0.25) is 0 Å². The molecule has 5 rings (SSSR count). The molecule has 3 N–H and O–H groups in total. The van der Waals surface area contributed by atoms with Crippen molar-refractivity contribution < 1.29 is 23.8 Å². The van der Waals surface area contributed by atoms with Crippen molar-refractivity contribution in [3.8, 4) is 11.5 Å². The number of carbonyl (C=O) groups excluding carboxylic acids is 2. The Bertz CT molecular complexity index is 1650. The third-order valence-corrected chi connectivity index (χ3v) is 8.26. The van der Waals surface area contributed by atoms with Gasteiger partial charge in [-0.05, 0) is 75.4 Å². The number of methoxy groups -OCH3 is 1.